The highest BCUT2D eigenvalue weighted by molar-refractivity contribution is 8.19. The molecular formula is C15H9FN2O2S. The molecule has 0 aliphatic carbocycles. The Morgan fingerprint density at radius 1 is 1.10 bits per heavy atom. The number of halogens is 1. The maximum atomic E-state index is 13.8. The van der Waals surface area contributed by atoms with Crippen LogP contribution in [0, 0.1) is 5.82 Å². The molecule has 4 nitrogen and oxygen atoms in total. The highest BCUT2D eigenvalue weighted by atomic mass is 32.2. The van der Waals surface area contributed by atoms with Crippen LogP contribution in [0.3, 0.4) is 0 Å². The first-order valence-corrected chi connectivity index (χ1v) is 6.91. The van der Waals surface area contributed by atoms with Crippen LogP contribution in [0.1, 0.15) is 5.56 Å². The first-order chi connectivity index (χ1) is 10.2. The maximum Gasteiger partial charge on any atom is 0.298 e. The van der Waals surface area contributed by atoms with E-state index >= 15 is 0 Å². The van der Waals surface area contributed by atoms with E-state index in [1.54, 1.807) is 36.7 Å². The average Bonchev–Trinajstić information content (AvgIpc) is 2.76. The van der Waals surface area contributed by atoms with Crippen LogP contribution in [-0.4, -0.2) is 16.1 Å². The Hall–Kier alpha value is -2.47. The van der Waals surface area contributed by atoms with Gasteiger partial charge in [-0.15, -0.1) is 0 Å². The van der Waals surface area contributed by atoms with Crippen LogP contribution in [-0.2, 0) is 4.79 Å². The zero-order valence-corrected chi connectivity index (χ0v) is 11.5. The number of hydrogen-bond acceptors (Lipinski definition) is 4. The molecule has 1 aromatic carbocycles. The summed E-state index contributed by atoms with van der Waals surface area (Å²) >= 11 is 0.792. The van der Waals surface area contributed by atoms with Crippen LogP contribution in [0.15, 0.2) is 53.7 Å². The van der Waals surface area contributed by atoms with Crippen LogP contribution >= 0.6 is 11.8 Å². The summed E-state index contributed by atoms with van der Waals surface area (Å²) < 4.78 is 13.8. The van der Waals surface area contributed by atoms with Crippen LogP contribution in [0.2, 0.25) is 0 Å². The summed E-state index contributed by atoms with van der Waals surface area (Å²) in [5, 5.41) is -0.509. The van der Waals surface area contributed by atoms with E-state index in [9.17, 15) is 14.0 Å². The lowest BCUT2D eigenvalue weighted by atomic mass is 10.2. The number of imide groups is 1. The SMILES string of the molecule is O=C1S/C(=C\c2ccncc2)C(=O)N1c1ccccc1F. The average molecular weight is 300 g/mol. The molecule has 0 unspecified atom stereocenters. The number of anilines is 1. The summed E-state index contributed by atoms with van der Waals surface area (Å²) in [6.45, 7) is 0. The number of benzene rings is 1. The van der Waals surface area contributed by atoms with E-state index in [0.717, 1.165) is 22.2 Å². The summed E-state index contributed by atoms with van der Waals surface area (Å²) in [5.74, 6) is -1.13. The fourth-order valence-corrected chi connectivity index (χ4v) is 2.75. The number of rotatable bonds is 2. The van der Waals surface area contributed by atoms with Crippen molar-refractivity contribution >= 4 is 34.7 Å². The molecule has 21 heavy (non-hydrogen) atoms. The molecule has 0 radical (unpaired) electrons. The molecule has 1 fully saturated rings. The van der Waals surface area contributed by atoms with Crippen LogP contribution < -0.4 is 4.90 Å². The Kier molecular flexibility index (Phi) is 3.53. The Morgan fingerprint density at radius 3 is 2.52 bits per heavy atom. The molecule has 1 aliphatic rings. The molecule has 2 aromatic rings. The van der Waals surface area contributed by atoms with E-state index in [4.69, 9.17) is 0 Å². The largest absolute Gasteiger partial charge is 0.298 e. The van der Waals surface area contributed by atoms with Gasteiger partial charge in [0.2, 0.25) is 0 Å². The molecule has 0 saturated carbocycles. The molecule has 6 heteroatoms. The van der Waals surface area contributed by atoms with Gasteiger partial charge in [-0.25, -0.2) is 9.29 Å². The van der Waals surface area contributed by atoms with E-state index in [-0.39, 0.29) is 10.6 Å². The van der Waals surface area contributed by atoms with Crippen molar-refractivity contribution < 1.29 is 14.0 Å². The number of carbonyl (C=O) groups excluding carboxylic acids is 2. The molecule has 1 aromatic heterocycles. The fourth-order valence-electron chi connectivity index (χ4n) is 1.92. The van der Waals surface area contributed by atoms with Crippen LogP contribution in [0.5, 0.6) is 0 Å². The summed E-state index contributed by atoms with van der Waals surface area (Å²) in [5.41, 5.74) is 0.724. The van der Waals surface area contributed by atoms with Crippen molar-refractivity contribution in [2.45, 2.75) is 0 Å². The zero-order chi connectivity index (χ0) is 14.8. The van der Waals surface area contributed by atoms with Crippen molar-refractivity contribution in [1.29, 1.82) is 0 Å². The Morgan fingerprint density at radius 2 is 1.81 bits per heavy atom. The van der Waals surface area contributed by atoms with Gasteiger partial charge in [0, 0.05) is 12.4 Å². The molecule has 2 amide bonds. The van der Waals surface area contributed by atoms with E-state index in [2.05, 4.69) is 4.98 Å². The van der Waals surface area contributed by atoms with Crippen molar-refractivity contribution in [2.24, 2.45) is 0 Å². The minimum Gasteiger partial charge on any atom is -0.268 e. The molecular weight excluding hydrogens is 291 g/mol. The van der Waals surface area contributed by atoms with Crippen molar-refractivity contribution in [3.63, 3.8) is 0 Å². The number of carbonyl (C=O) groups is 2. The Labute approximate surface area is 124 Å². The second-order valence-corrected chi connectivity index (χ2v) is 5.24. The summed E-state index contributed by atoms with van der Waals surface area (Å²) in [7, 11) is 0. The summed E-state index contributed by atoms with van der Waals surface area (Å²) in [6, 6.07) is 9.14. The van der Waals surface area contributed by atoms with Gasteiger partial charge in [0.1, 0.15) is 5.82 Å². The molecule has 1 aliphatic heterocycles. The third kappa shape index (κ3) is 2.57. The number of hydrogen-bond donors (Lipinski definition) is 0. The molecule has 0 atom stereocenters. The third-order valence-electron chi connectivity index (χ3n) is 2.89. The highest BCUT2D eigenvalue weighted by Gasteiger charge is 2.37. The number of pyridine rings is 1. The van der Waals surface area contributed by atoms with Crippen LogP contribution in [0.25, 0.3) is 6.08 Å². The van der Waals surface area contributed by atoms with E-state index in [1.165, 1.54) is 18.2 Å². The second kappa shape index (κ2) is 5.49. The molecule has 0 bridgehead atoms. The zero-order valence-electron chi connectivity index (χ0n) is 10.7. The molecule has 2 heterocycles. The predicted molar refractivity (Wildman–Crippen MR) is 79.1 cm³/mol. The first kappa shape index (κ1) is 13.5. The lowest BCUT2D eigenvalue weighted by molar-refractivity contribution is -0.113. The van der Waals surface area contributed by atoms with E-state index < -0.39 is 17.0 Å². The van der Waals surface area contributed by atoms with Gasteiger partial charge in [-0.05, 0) is 47.7 Å². The van der Waals surface area contributed by atoms with Gasteiger partial charge in [-0.3, -0.25) is 14.6 Å². The van der Waals surface area contributed by atoms with E-state index in [1.807, 2.05) is 0 Å². The topological polar surface area (TPSA) is 50.3 Å². The predicted octanol–water partition coefficient (Wildman–Crippen LogP) is 3.46. The minimum absolute atomic E-state index is 0.0295. The van der Waals surface area contributed by atoms with Gasteiger partial charge >= 0.3 is 0 Å². The third-order valence-corrected chi connectivity index (χ3v) is 3.76. The van der Waals surface area contributed by atoms with Gasteiger partial charge in [-0.2, -0.15) is 0 Å². The van der Waals surface area contributed by atoms with Crippen molar-refractivity contribution in [2.75, 3.05) is 4.90 Å². The van der Waals surface area contributed by atoms with Gasteiger partial charge in [0.25, 0.3) is 11.1 Å². The van der Waals surface area contributed by atoms with Crippen molar-refractivity contribution in [3.8, 4) is 0 Å². The molecule has 0 N–H and O–H groups in total. The monoisotopic (exact) mass is 300 g/mol. The molecule has 1 saturated heterocycles. The number of nitrogens with zero attached hydrogens (tertiary/aromatic N) is 2. The maximum absolute atomic E-state index is 13.8. The Bertz CT molecular complexity index is 746. The Balaban J connectivity index is 1.97. The summed E-state index contributed by atoms with van der Waals surface area (Å²) in [6.07, 6.45) is 4.77. The van der Waals surface area contributed by atoms with Gasteiger partial charge < -0.3 is 0 Å². The van der Waals surface area contributed by atoms with E-state index in [0.29, 0.717) is 0 Å². The quantitative estimate of drug-likeness (QED) is 0.797. The lowest BCUT2D eigenvalue weighted by Gasteiger charge is -2.12. The summed E-state index contributed by atoms with van der Waals surface area (Å²) in [4.78, 5) is 29.3. The smallest absolute Gasteiger partial charge is 0.268 e. The van der Waals surface area contributed by atoms with Crippen molar-refractivity contribution in [1.82, 2.24) is 4.98 Å². The van der Waals surface area contributed by atoms with Crippen LogP contribution in [0.4, 0.5) is 14.9 Å². The van der Waals surface area contributed by atoms with Gasteiger partial charge in [-0.1, -0.05) is 12.1 Å². The number of amides is 2. The first-order valence-electron chi connectivity index (χ1n) is 6.09. The number of thioether (sulfide) groups is 1. The highest BCUT2D eigenvalue weighted by Crippen LogP contribution is 2.36. The minimum atomic E-state index is -0.607. The fraction of sp³-hybridized carbons (Fsp3) is 0. The number of para-hydroxylation sites is 1. The molecule has 0 spiro atoms. The lowest BCUT2D eigenvalue weighted by Crippen LogP contribution is -2.28. The molecule has 3 rings (SSSR count). The van der Waals surface area contributed by atoms with Gasteiger partial charge in [0.15, 0.2) is 0 Å². The molecule has 104 valence electrons. The normalized spacial score (nSPS) is 16.8. The standard InChI is InChI=1S/C15H9FN2O2S/c16-11-3-1-2-4-12(11)18-14(19)13(21-15(18)20)9-10-5-7-17-8-6-10/h1-9H/b13-9-. The van der Waals surface area contributed by atoms with Gasteiger partial charge in [0.05, 0.1) is 10.6 Å². The second-order valence-electron chi connectivity index (χ2n) is 4.25. The van der Waals surface area contributed by atoms with Crippen molar-refractivity contribution in [3.05, 3.63) is 65.1 Å². The number of aromatic nitrogens is 1.